The third-order valence-electron chi connectivity index (χ3n) is 3.54. The molecule has 0 spiro atoms. The van der Waals surface area contributed by atoms with Crippen LogP contribution in [0.1, 0.15) is 25.0 Å². The smallest absolute Gasteiger partial charge is 0.214 e. The Morgan fingerprint density at radius 3 is 2.23 bits per heavy atom. The lowest BCUT2D eigenvalue weighted by molar-refractivity contribution is 0.471. The van der Waals surface area contributed by atoms with E-state index in [1.165, 1.54) is 6.07 Å². The fourth-order valence-corrected chi connectivity index (χ4v) is 3.55. The van der Waals surface area contributed by atoms with Gasteiger partial charge in [-0.25, -0.2) is 17.5 Å². The van der Waals surface area contributed by atoms with Crippen LogP contribution in [0.3, 0.4) is 0 Å². The Hall–Kier alpha value is -1.72. The Balaban J connectivity index is 2.06. The van der Waals surface area contributed by atoms with Gasteiger partial charge in [-0.05, 0) is 17.2 Å². The fourth-order valence-electron chi connectivity index (χ4n) is 2.24. The van der Waals surface area contributed by atoms with Gasteiger partial charge in [-0.15, -0.1) is 0 Å². The quantitative estimate of drug-likeness (QED) is 0.888. The molecule has 0 aliphatic carbocycles. The van der Waals surface area contributed by atoms with Gasteiger partial charge in [0.25, 0.3) is 0 Å². The molecule has 0 amide bonds. The predicted molar refractivity (Wildman–Crippen MR) is 86.5 cm³/mol. The van der Waals surface area contributed by atoms with E-state index in [-0.39, 0.29) is 18.1 Å². The number of halogens is 1. The number of benzene rings is 2. The van der Waals surface area contributed by atoms with Crippen LogP contribution in [-0.4, -0.2) is 15.0 Å². The predicted octanol–water partition coefficient (Wildman–Crippen LogP) is 3.22. The molecular formula is C17H20FNO2S. The number of nitrogens with one attached hydrogen (secondary N) is 1. The summed E-state index contributed by atoms with van der Waals surface area (Å²) in [4.78, 5) is 0. The van der Waals surface area contributed by atoms with E-state index in [9.17, 15) is 12.8 Å². The highest BCUT2D eigenvalue weighted by atomic mass is 32.2. The van der Waals surface area contributed by atoms with Gasteiger partial charge in [0.15, 0.2) is 0 Å². The van der Waals surface area contributed by atoms with Gasteiger partial charge in [-0.2, -0.15) is 0 Å². The number of hydrogen-bond donors (Lipinski definition) is 1. The summed E-state index contributed by atoms with van der Waals surface area (Å²) in [6.45, 7) is 3.77. The molecule has 2 aromatic rings. The summed E-state index contributed by atoms with van der Waals surface area (Å²) in [5, 5.41) is 0. The zero-order chi connectivity index (χ0) is 16.2. The van der Waals surface area contributed by atoms with Crippen molar-refractivity contribution in [3.8, 4) is 0 Å². The highest BCUT2D eigenvalue weighted by Crippen LogP contribution is 2.25. The minimum atomic E-state index is -3.46. The maximum atomic E-state index is 13.9. The first-order valence-electron chi connectivity index (χ1n) is 7.06. The summed E-state index contributed by atoms with van der Waals surface area (Å²) in [5.74, 6) is -0.406. The third-order valence-corrected chi connectivity index (χ3v) is 4.83. The zero-order valence-electron chi connectivity index (χ0n) is 12.7. The van der Waals surface area contributed by atoms with Crippen molar-refractivity contribution in [2.24, 2.45) is 0 Å². The van der Waals surface area contributed by atoms with Gasteiger partial charge in [0.05, 0.1) is 5.75 Å². The molecule has 3 nitrogen and oxygen atoms in total. The summed E-state index contributed by atoms with van der Waals surface area (Å²) < 4.78 is 40.8. The summed E-state index contributed by atoms with van der Waals surface area (Å²) in [6, 6.07) is 15.4. The van der Waals surface area contributed by atoms with Crippen LogP contribution in [0.25, 0.3) is 0 Å². The lowest BCUT2D eigenvalue weighted by Gasteiger charge is -2.26. The average Bonchev–Trinajstić information content (AvgIpc) is 2.46. The molecule has 1 N–H and O–H groups in total. The van der Waals surface area contributed by atoms with Gasteiger partial charge in [0, 0.05) is 12.0 Å². The van der Waals surface area contributed by atoms with E-state index < -0.39 is 15.4 Å². The van der Waals surface area contributed by atoms with Crippen molar-refractivity contribution >= 4 is 10.0 Å². The standard InChI is InChI=1S/C17H20FNO2S/c1-17(2,15-10-6-7-11-16(15)18)13-19-22(20,21)12-14-8-4-3-5-9-14/h3-11,19H,12-13H2,1-2H3. The normalized spacial score (nSPS) is 12.3. The van der Waals surface area contributed by atoms with Crippen molar-refractivity contribution < 1.29 is 12.8 Å². The molecule has 0 saturated heterocycles. The molecule has 5 heteroatoms. The van der Waals surface area contributed by atoms with Crippen LogP contribution in [0.5, 0.6) is 0 Å². The third kappa shape index (κ3) is 4.39. The molecule has 0 aliphatic heterocycles. The van der Waals surface area contributed by atoms with Crippen LogP contribution in [0.15, 0.2) is 54.6 Å². The number of hydrogen-bond acceptors (Lipinski definition) is 2. The molecule has 0 fully saturated rings. The average molecular weight is 321 g/mol. The SMILES string of the molecule is CC(C)(CNS(=O)(=O)Cc1ccccc1)c1ccccc1F. The first-order chi connectivity index (χ1) is 10.3. The van der Waals surface area contributed by atoms with Crippen LogP contribution in [-0.2, 0) is 21.2 Å². The summed E-state index contributed by atoms with van der Waals surface area (Å²) in [7, 11) is -3.46. The molecule has 0 saturated carbocycles. The van der Waals surface area contributed by atoms with E-state index in [1.54, 1.807) is 42.5 Å². The van der Waals surface area contributed by atoms with E-state index in [1.807, 2.05) is 19.9 Å². The summed E-state index contributed by atoms with van der Waals surface area (Å²) >= 11 is 0. The van der Waals surface area contributed by atoms with Crippen LogP contribution >= 0.6 is 0 Å². The fraction of sp³-hybridized carbons (Fsp3) is 0.294. The van der Waals surface area contributed by atoms with Gasteiger partial charge in [-0.3, -0.25) is 0 Å². The lowest BCUT2D eigenvalue weighted by atomic mass is 9.84. The van der Waals surface area contributed by atoms with Crippen molar-refractivity contribution in [2.75, 3.05) is 6.54 Å². The van der Waals surface area contributed by atoms with Crippen LogP contribution in [0, 0.1) is 5.82 Å². The molecular weight excluding hydrogens is 301 g/mol. The Morgan fingerprint density at radius 1 is 1.00 bits per heavy atom. The van der Waals surface area contributed by atoms with Crippen molar-refractivity contribution in [3.63, 3.8) is 0 Å². The maximum Gasteiger partial charge on any atom is 0.215 e. The zero-order valence-corrected chi connectivity index (χ0v) is 13.5. The highest BCUT2D eigenvalue weighted by Gasteiger charge is 2.26. The van der Waals surface area contributed by atoms with E-state index in [2.05, 4.69) is 4.72 Å². The van der Waals surface area contributed by atoms with Crippen LogP contribution < -0.4 is 4.72 Å². The molecule has 0 bridgehead atoms. The molecule has 22 heavy (non-hydrogen) atoms. The van der Waals surface area contributed by atoms with Gasteiger partial charge >= 0.3 is 0 Å². The van der Waals surface area contributed by atoms with Gasteiger partial charge < -0.3 is 0 Å². The van der Waals surface area contributed by atoms with Crippen molar-refractivity contribution in [2.45, 2.75) is 25.0 Å². The van der Waals surface area contributed by atoms with E-state index in [0.717, 1.165) is 5.56 Å². The maximum absolute atomic E-state index is 13.9. The van der Waals surface area contributed by atoms with Gasteiger partial charge in [0.2, 0.25) is 10.0 Å². The molecule has 0 aliphatic rings. The topological polar surface area (TPSA) is 46.2 Å². The van der Waals surface area contributed by atoms with E-state index in [0.29, 0.717) is 5.56 Å². The Labute approximate surface area is 131 Å². The first-order valence-corrected chi connectivity index (χ1v) is 8.72. The number of sulfonamides is 1. The van der Waals surface area contributed by atoms with Gasteiger partial charge in [-0.1, -0.05) is 62.4 Å². The van der Waals surface area contributed by atoms with Crippen LogP contribution in [0.2, 0.25) is 0 Å². The molecule has 0 heterocycles. The molecule has 2 aromatic carbocycles. The second kappa shape index (κ2) is 6.58. The summed E-state index contributed by atoms with van der Waals surface area (Å²) in [5.41, 5.74) is 0.589. The second-order valence-electron chi connectivity index (χ2n) is 5.93. The largest absolute Gasteiger partial charge is 0.215 e. The highest BCUT2D eigenvalue weighted by molar-refractivity contribution is 7.88. The van der Waals surface area contributed by atoms with Crippen molar-refractivity contribution in [1.82, 2.24) is 4.72 Å². The molecule has 0 radical (unpaired) electrons. The second-order valence-corrected chi connectivity index (χ2v) is 7.74. The number of rotatable bonds is 6. The molecule has 0 atom stereocenters. The lowest BCUT2D eigenvalue weighted by Crippen LogP contribution is -2.37. The van der Waals surface area contributed by atoms with Crippen molar-refractivity contribution in [3.05, 3.63) is 71.5 Å². The Kier molecular flexibility index (Phi) is 4.98. The monoisotopic (exact) mass is 321 g/mol. The van der Waals surface area contributed by atoms with Gasteiger partial charge in [0.1, 0.15) is 5.82 Å². The molecule has 2 rings (SSSR count). The Bertz CT molecular complexity index is 727. The summed E-state index contributed by atoms with van der Waals surface area (Å²) in [6.07, 6.45) is 0. The van der Waals surface area contributed by atoms with Crippen molar-refractivity contribution in [1.29, 1.82) is 0 Å². The minimum absolute atomic E-state index is 0.0822. The van der Waals surface area contributed by atoms with E-state index in [4.69, 9.17) is 0 Å². The molecule has 0 unspecified atom stereocenters. The van der Waals surface area contributed by atoms with E-state index >= 15 is 0 Å². The molecule has 118 valence electrons. The van der Waals surface area contributed by atoms with Crippen LogP contribution in [0.4, 0.5) is 4.39 Å². The first kappa shape index (κ1) is 16.6. The Morgan fingerprint density at radius 2 is 1.59 bits per heavy atom. The molecule has 0 aromatic heterocycles. The minimum Gasteiger partial charge on any atom is -0.214 e.